The summed E-state index contributed by atoms with van der Waals surface area (Å²) in [6.45, 7) is 2.27. The Labute approximate surface area is 170 Å². The van der Waals surface area contributed by atoms with Gasteiger partial charge in [-0.25, -0.2) is 8.42 Å². The highest BCUT2D eigenvalue weighted by Gasteiger charge is 2.23. The lowest BCUT2D eigenvalue weighted by molar-refractivity contribution is 0.102. The minimum absolute atomic E-state index is 0.148. The average molecular weight is 410 g/mol. The van der Waals surface area contributed by atoms with Gasteiger partial charge in [0.2, 0.25) is 10.0 Å². The van der Waals surface area contributed by atoms with Crippen molar-refractivity contribution in [2.75, 3.05) is 42.7 Å². The Hall–Kier alpha value is -2.90. The third-order valence-corrected chi connectivity index (χ3v) is 6.51. The van der Waals surface area contributed by atoms with E-state index in [4.69, 9.17) is 0 Å². The molecule has 1 amide bonds. The van der Waals surface area contributed by atoms with Crippen LogP contribution in [0.15, 0.2) is 66.7 Å². The van der Waals surface area contributed by atoms with Gasteiger partial charge in [-0.2, -0.15) is 4.31 Å². The van der Waals surface area contributed by atoms with Gasteiger partial charge in [0.25, 0.3) is 5.91 Å². The van der Waals surface area contributed by atoms with Gasteiger partial charge >= 0.3 is 0 Å². The summed E-state index contributed by atoms with van der Waals surface area (Å²) < 4.78 is 24.8. The first kappa shape index (κ1) is 19.4. The first-order chi connectivity index (χ1) is 13.9. The number of piperazine rings is 1. The van der Waals surface area contributed by atoms with Crippen LogP contribution in [0.2, 0.25) is 0 Å². The second kappa shape index (κ2) is 7.85. The molecule has 0 atom stereocenters. The summed E-state index contributed by atoms with van der Waals surface area (Å²) in [6.07, 6.45) is 1.25. The number of hydrogen-bond acceptors (Lipinski definition) is 4. The minimum Gasteiger partial charge on any atom is -0.369 e. The van der Waals surface area contributed by atoms with Crippen LogP contribution >= 0.6 is 0 Å². The lowest BCUT2D eigenvalue weighted by Gasteiger charge is -2.34. The molecule has 4 rings (SSSR count). The van der Waals surface area contributed by atoms with Crippen LogP contribution in [0.5, 0.6) is 0 Å². The highest BCUT2D eigenvalue weighted by atomic mass is 32.2. The van der Waals surface area contributed by atoms with E-state index in [0.29, 0.717) is 31.7 Å². The number of carbonyl (C=O) groups excluding carboxylic acids is 1. The molecule has 1 aliphatic rings. The molecule has 0 unspecified atom stereocenters. The highest BCUT2D eigenvalue weighted by molar-refractivity contribution is 7.88. The third-order valence-electron chi connectivity index (χ3n) is 5.21. The largest absolute Gasteiger partial charge is 0.369 e. The molecule has 1 N–H and O–H groups in total. The Kier molecular flexibility index (Phi) is 5.25. The van der Waals surface area contributed by atoms with Gasteiger partial charge in [-0.15, -0.1) is 0 Å². The number of anilines is 2. The SMILES string of the molecule is CS(=O)(=O)N1CCN(c2ccc(NC(=O)c3ccc4ccccc4c3)cc2)CC1. The standard InChI is InChI=1S/C22H23N3O3S/c1-29(27,28)25-14-12-24(13-15-25)21-10-8-20(9-11-21)23-22(26)19-7-6-17-4-2-3-5-18(17)16-19/h2-11,16H,12-15H2,1H3,(H,23,26). The number of rotatable bonds is 4. The van der Waals surface area contributed by atoms with E-state index in [1.165, 1.54) is 10.6 Å². The van der Waals surface area contributed by atoms with E-state index in [1.807, 2.05) is 66.7 Å². The van der Waals surface area contributed by atoms with Crippen LogP contribution in [0.25, 0.3) is 10.8 Å². The predicted octanol–water partition coefficient (Wildman–Crippen LogP) is 3.17. The van der Waals surface area contributed by atoms with E-state index in [2.05, 4.69) is 10.2 Å². The molecule has 29 heavy (non-hydrogen) atoms. The number of sulfonamides is 1. The molecule has 0 aromatic heterocycles. The van der Waals surface area contributed by atoms with Crippen molar-refractivity contribution < 1.29 is 13.2 Å². The molecule has 1 fully saturated rings. The smallest absolute Gasteiger partial charge is 0.255 e. The summed E-state index contributed by atoms with van der Waals surface area (Å²) in [5.74, 6) is -0.148. The molecule has 1 saturated heterocycles. The van der Waals surface area contributed by atoms with Gasteiger partial charge < -0.3 is 10.2 Å². The number of carbonyl (C=O) groups is 1. The molecule has 1 heterocycles. The van der Waals surface area contributed by atoms with Gasteiger partial charge in [-0.05, 0) is 47.2 Å². The van der Waals surface area contributed by atoms with E-state index in [0.717, 1.165) is 22.1 Å². The third kappa shape index (κ3) is 4.41. The summed E-state index contributed by atoms with van der Waals surface area (Å²) in [6, 6.07) is 21.3. The summed E-state index contributed by atoms with van der Waals surface area (Å²) in [7, 11) is -3.13. The zero-order valence-electron chi connectivity index (χ0n) is 16.2. The van der Waals surface area contributed by atoms with Gasteiger partial charge in [0.1, 0.15) is 0 Å². The summed E-state index contributed by atoms with van der Waals surface area (Å²) in [5, 5.41) is 5.07. The quantitative estimate of drug-likeness (QED) is 0.719. The van der Waals surface area contributed by atoms with Crippen molar-refractivity contribution in [2.24, 2.45) is 0 Å². The molecule has 7 heteroatoms. The fourth-order valence-electron chi connectivity index (χ4n) is 3.57. The van der Waals surface area contributed by atoms with E-state index < -0.39 is 10.0 Å². The highest BCUT2D eigenvalue weighted by Crippen LogP contribution is 2.21. The van der Waals surface area contributed by atoms with Gasteiger partial charge in [-0.1, -0.05) is 30.3 Å². The Morgan fingerprint density at radius 2 is 1.52 bits per heavy atom. The maximum Gasteiger partial charge on any atom is 0.255 e. The Morgan fingerprint density at radius 3 is 2.17 bits per heavy atom. The van der Waals surface area contributed by atoms with Crippen LogP contribution in [0.4, 0.5) is 11.4 Å². The number of nitrogens with one attached hydrogen (secondary N) is 1. The van der Waals surface area contributed by atoms with Crippen molar-refractivity contribution >= 4 is 38.1 Å². The lowest BCUT2D eigenvalue weighted by atomic mass is 10.1. The molecule has 0 bridgehead atoms. The second-order valence-electron chi connectivity index (χ2n) is 7.21. The first-order valence-electron chi connectivity index (χ1n) is 9.50. The lowest BCUT2D eigenvalue weighted by Crippen LogP contribution is -2.48. The van der Waals surface area contributed by atoms with Gasteiger partial charge in [0, 0.05) is 43.1 Å². The second-order valence-corrected chi connectivity index (χ2v) is 9.19. The van der Waals surface area contributed by atoms with Crippen molar-refractivity contribution in [2.45, 2.75) is 0 Å². The van der Waals surface area contributed by atoms with Gasteiger partial charge in [0.05, 0.1) is 6.26 Å². The average Bonchev–Trinajstić information content (AvgIpc) is 2.73. The molecule has 0 spiro atoms. The maximum absolute atomic E-state index is 12.6. The summed E-state index contributed by atoms with van der Waals surface area (Å²) in [5.41, 5.74) is 2.35. The predicted molar refractivity (Wildman–Crippen MR) is 117 cm³/mol. The minimum atomic E-state index is -3.13. The fourth-order valence-corrected chi connectivity index (χ4v) is 4.39. The summed E-state index contributed by atoms with van der Waals surface area (Å²) in [4.78, 5) is 14.7. The molecular weight excluding hydrogens is 386 g/mol. The number of benzene rings is 3. The van der Waals surface area contributed by atoms with Crippen molar-refractivity contribution in [3.05, 3.63) is 72.3 Å². The van der Waals surface area contributed by atoms with Crippen LogP contribution in [-0.2, 0) is 10.0 Å². The van der Waals surface area contributed by atoms with Crippen molar-refractivity contribution in [1.29, 1.82) is 0 Å². The molecule has 6 nitrogen and oxygen atoms in total. The molecular formula is C22H23N3O3S. The maximum atomic E-state index is 12.6. The number of fused-ring (bicyclic) bond motifs is 1. The van der Waals surface area contributed by atoms with Crippen molar-refractivity contribution in [1.82, 2.24) is 4.31 Å². The molecule has 3 aromatic rings. The molecule has 0 saturated carbocycles. The molecule has 3 aromatic carbocycles. The van der Waals surface area contributed by atoms with Crippen molar-refractivity contribution in [3.8, 4) is 0 Å². The zero-order valence-corrected chi connectivity index (χ0v) is 17.0. The van der Waals surface area contributed by atoms with Crippen LogP contribution < -0.4 is 10.2 Å². The fraction of sp³-hybridized carbons (Fsp3) is 0.227. The number of amides is 1. The van der Waals surface area contributed by atoms with Crippen LogP contribution in [-0.4, -0.2) is 51.1 Å². The number of hydrogen-bond donors (Lipinski definition) is 1. The summed E-state index contributed by atoms with van der Waals surface area (Å²) >= 11 is 0. The Morgan fingerprint density at radius 1 is 0.862 bits per heavy atom. The van der Waals surface area contributed by atoms with E-state index in [1.54, 1.807) is 0 Å². The normalized spacial score (nSPS) is 15.4. The van der Waals surface area contributed by atoms with Crippen LogP contribution in [0.1, 0.15) is 10.4 Å². The molecule has 1 aliphatic heterocycles. The first-order valence-corrected chi connectivity index (χ1v) is 11.4. The van der Waals surface area contributed by atoms with Crippen LogP contribution in [0.3, 0.4) is 0 Å². The molecule has 0 aliphatic carbocycles. The van der Waals surface area contributed by atoms with E-state index in [9.17, 15) is 13.2 Å². The topological polar surface area (TPSA) is 69.7 Å². The monoisotopic (exact) mass is 409 g/mol. The molecule has 150 valence electrons. The Bertz CT molecular complexity index is 1140. The number of nitrogens with zero attached hydrogens (tertiary/aromatic N) is 2. The van der Waals surface area contributed by atoms with Crippen molar-refractivity contribution in [3.63, 3.8) is 0 Å². The molecule has 0 radical (unpaired) electrons. The van der Waals surface area contributed by atoms with Gasteiger partial charge in [0.15, 0.2) is 0 Å². The van der Waals surface area contributed by atoms with Gasteiger partial charge in [-0.3, -0.25) is 4.79 Å². The zero-order chi connectivity index (χ0) is 20.4. The van der Waals surface area contributed by atoms with Crippen LogP contribution in [0, 0.1) is 0 Å². The van der Waals surface area contributed by atoms with E-state index in [-0.39, 0.29) is 5.91 Å². The Balaban J connectivity index is 1.41. The van der Waals surface area contributed by atoms with E-state index >= 15 is 0 Å².